The van der Waals surface area contributed by atoms with Gasteiger partial charge in [-0.2, -0.15) is 0 Å². The average molecular weight is 344 g/mol. The monoisotopic (exact) mass is 344 g/mol. The van der Waals surface area contributed by atoms with E-state index in [2.05, 4.69) is 32.6 Å². The van der Waals surface area contributed by atoms with Crippen LogP contribution in [0.4, 0.5) is 0 Å². The summed E-state index contributed by atoms with van der Waals surface area (Å²) in [6, 6.07) is 0. The molecule has 0 aromatic heterocycles. The van der Waals surface area contributed by atoms with Crippen molar-refractivity contribution < 1.29 is 14.3 Å². The van der Waals surface area contributed by atoms with Crippen LogP contribution in [-0.2, 0) is 14.3 Å². The minimum Gasteiger partial charge on any atom is -0.365 e. The number of likely N-dealkylation sites (N-methyl/N-ethyl adjacent to an activating group) is 1. The van der Waals surface area contributed by atoms with Gasteiger partial charge in [0, 0.05) is 13.1 Å². The Labute approximate surface area is 149 Å². The largest absolute Gasteiger partial charge is 0.365 e. The molecule has 0 spiro atoms. The first-order valence-electron chi connectivity index (χ1n) is 9.57. The van der Waals surface area contributed by atoms with Crippen LogP contribution in [0.2, 0.25) is 0 Å². The highest BCUT2D eigenvalue weighted by Crippen LogP contribution is 2.55. The number of fused-ring (bicyclic) bond motifs is 7. The van der Waals surface area contributed by atoms with Gasteiger partial charge in [-0.1, -0.05) is 25.0 Å². The number of nitrogens with zero attached hydrogens (tertiary/aromatic N) is 2. The summed E-state index contributed by atoms with van der Waals surface area (Å²) in [4.78, 5) is 29.7. The van der Waals surface area contributed by atoms with E-state index in [9.17, 15) is 9.59 Å². The number of ether oxygens (including phenoxy) is 1. The summed E-state index contributed by atoms with van der Waals surface area (Å²) >= 11 is 0. The van der Waals surface area contributed by atoms with Gasteiger partial charge in [-0.05, 0) is 50.9 Å². The first-order chi connectivity index (χ1) is 12.0. The molecule has 5 nitrogen and oxygen atoms in total. The zero-order valence-electron chi connectivity index (χ0n) is 15.7. The van der Waals surface area contributed by atoms with E-state index in [0.29, 0.717) is 6.54 Å². The quantitative estimate of drug-likeness (QED) is 0.566. The number of carbonyl (C=O) groups is 2. The molecule has 0 aromatic carbocycles. The van der Waals surface area contributed by atoms with Crippen LogP contribution >= 0.6 is 0 Å². The van der Waals surface area contributed by atoms with Crippen LogP contribution in [0.15, 0.2) is 22.3 Å². The van der Waals surface area contributed by atoms with E-state index in [0.717, 1.165) is 32.5 Å². The number of amides is 2. The van der Waals surface area contributed by atoms with Gasteiger partial charge in [-0.3, -0.25) is 14.5 Å². The fraction of sp³-hybridized carbons (Fsp3) is 0.700. The second-order valence-corrected chi connectivity index (χ2v) is 7.85. The lowest BCUT2D eigenvalue weighted by Crippen LogP contribution is -2.40. The Morgan fingerprint density at radius 2 is 1.44 bits per heavy atom. The van der Waals surface area contributed by atoms with Gasteiger partial charge >= 0.3 is 0 Å². The maximum atomic E-state index is 13.0. The molecule has 3 heterocycles. The number of carbonyl (C=O) groups excluding carboxylic acids is 2. The molecule has 2 amide bonds. The Balaban J connectivity index is 1.54. The van der Waals surface area contributed by atoms with Gasteiger partial charge in [0.05, 0.1) is 24.0 Å². The first-order valence-corrected chi connectivity index (χ1v) is 9.57. The van der Waals surface area contributed by atoms with Crippen LogP contribution in [0, 0.1) is 11.8 Å². The average Bonchev–Trinajstić information content (AvgIpc) is 3.21. The number of imide groups is 1. The van der Waals surface area contributed by atoms with E-state index in [1.54, 1.807) is 0 Å². The normalized spacial score (nSPS) is 33.9. The molecule has 4 rings (SSSR count). The third-order valence-corrected chi connectivity index (χ3v) is 6.71. The zero-order valence-corrected chi connectivity index (χ0v) is 15.7. The van der Waals surface area contributed by atoms with Gasteiger partial charge < -0.3 is 9.64 Å². The van der Waals surface area contributed by atoms with Crippen LogP contribution < -0.4 is 0 Å². The maximum Gasteiger partial charge on any atom is 0.236 e. The van der Waals surface area contributed by atoms with Gasteiger partial charge in [-0.15, -0.1) is 0 Å². The standard InChI is InChI=1S/C20H28N2O3/c1-5-21(6-2)7-8-22-19(23)15-16(20(22)24)18-14-10-12(4)11(3)9-13(14)17(15)25-18/h15-18H,5-10H2,1-4H3. The van der Waals surface area contributed by atoms with Crippen molar-refractivity contribution in [1.29, 1.82) is 0 Å². The van der Waals surface area contributed by atoms with Crippen LogP contribution in [0.1, 0.15) is 40.5 Å². The molecule has 0 radical (unpaired) electrons. The molecule has 5 heteroatoms. The number of likely N-dealkylation sites (tertiary alicyclic amines) is 1. The molecule has 4 unspecified atom stereocenters. The van der Waals surface area contributed by atoms with Crippen molar-refractivity contribution >= 4 is 11.8 Å². The molecule has 0 N–H and O–H groups in total. The molecule has 25 heavy (non-hydrogen) atoms. The van der Waals surface area contributed by atoms with E-state index in [1.807, 2.05) is 0 Å². The number of hydrogen-bond acceptors (Lipinski definition) is 4. The smallest absolute Gasteiger partial charge is 0.236 e. The third-order valence-electron chi connectivity index (χ3n) is 6.71. The van der Waals surface area contributed by atoms with Crippen molar-refractivity contribution in [2.45, 2.75) is 52.7 Å². The Kier molecular flexibility index (Phi) is 4.12. The Morgan fingerprint density at radius 3 is 1.88 bits per heavy atom. The van der Waals surface area contributed by atoms with Gasteiger partial charge in [0.1, 0.15) is 0 Å². The molecule has 4 aliphatic rings. The second-order valence-electron chi connectivity index (χ2n) is 7.85. The second kappa shape index (κ2) is 6.06. The SMILES string of the molecule is CCN(CC)CCN1C(=O)C2C3OC(C4=C3CC(C)=C(C)C4)C2C1=O. The highest BCUT2D eigenvalue weighted by Gasteiger charge is 2.64. The van der Waals surface area contributed by atoms with E-state index >= 15 is 0 Å². The minimum absolute atomic E-state index is 0.00914. The summed E-state index contributed by atoms with van der Waals surface area (Å²) in [7, 11) is 0. The van der Waals surface area contributed by atoms with Crippen molar-refractivity contribution in [3.05, 3.63) is 22.3 Å². The third kappa shape index (κ3) is 2.36. The summed E-state index contributed by atoms with van der Waals surface area (Å²) in [5, 5.41) is 0. The van der Waals surface area contributed by atoms with E-state index in [-0.39, 0.29) is 35.9 Å². The highest BCUT2D eigenvalue weighted by molar-refractivity contribution is 6.07. The highest BCUT2D eigenvalue weighted by atomic mass is 16.5. The lowest BCUT2D eigenvalue weighted by atomic mass is 9.71. The van der Waals surface area contributed by atoms with Crippen molar-refractivity contribution in [2.75, 3.05) is 26.2 Å². The molecular formula is C20H28N2O3. The maximum absolute atomic E-state index is 13.0. The van der Waals surface area contributed by atoms with Crippen molar-refractivity contribution in [1.82, 2.24) is 9.80 Å². The van der Waals surface area contributed by atoms with E-state index in [1.165, 1.54) is 27.2 Å². The van der Waals surface area contributed by atoms with E-state index in [4.69, 9.17) is 4.74 Å². The fourth-order valence-corrected chi connectivity index (χ4v) is 5.00. The number of rotatable bonds is 5. The first kappa shape index (κ1) is 17.0. The Hall–Kier alpha value is -1.46. The summed E-state index contributed by atoms with van der Waals surface area (Å²) in [5.74, 6) is -0.575. The zero-order chi connectivity index (χ0) is 17.9. The molecule has 2 saturated heterocycles. The molecule has 1 aliphatic carbocycles. The van der Waals surface area contributed by atoms with Gasteiger partial charge in [-0.25, -0.2) is 0 Å². The Bertz CT molecular complexity index is 641. The van der Waals surface area contributed by atoms with Crippen molar-refractivity contribution in [3.8, 4) is 0 Å². The van der Waals surface area contributed by atoms with Gasteiger partial charge in [0.25, 0.3) is 0 Å². The van der Waals surface area contributed by atoms with Crippen LogP contribution in [-0.4, -0.2) is 60.0 Å². The summed E-state index contributed by atoms with van der Waals surface area (Å²) in [5.41, 5.74) is 5.37. The molecule has 0 saturated carbocycles. The van der Waals surface area contributed by atoms with Gasteiger partial charge in [0.15, 0.2) is 0 Å². The molecule has 0 aromatic rings. The van der Waals surface area contributed by atoms with Crippen LogP contribution in [0.5, 0.6) is 0 Å². The van der Waals surface area contributed by atoms with Crippen molar-refractivity contribution in [3.63, 3.8) is 0 Å². The van der Waals surface area contributed by atoms with Gasteiger partial charge in [0.2, 0.25) is 11.8 Å². The summed E-state index contributed by atoms with van der Waals surface area (Å²) in [6.07, 6.45) is 1.49. The predicted octanol–water partition coefficient (Wildman–Crippen LogP) is 2.14. The van der Waals surface area contributed by atoms with E-state index < -0.39 is 0 Å². The van der Waals surface area contributed by atoms with Crippen LogP contribution in [0.3, 0.4) is 0 Å². The van der Waals surface area contributed by atoms with Crippen molar-refractivity contribution in [2.24, 2.45) is 11.8 Å². The van der Waals surface area contributed by atoms with Crippen LogP contribution in [0.25, 0.3) is 0 Å². The predicted molar refractivity (Wildman–Crippen MR) is 94.8 cm³/mol. The lowest BCUT2D eigenvalue weighted by molar-refractivity contribution is -0.142. The number of allylic oxidation sites excluding steroid dienone is 2. The topological polar surface area (TPSA) is 49.9 Å². The molecule has 2 bridgehead atoms. The molecule has 2 fully saturated rings. The lowest BCUT2D eigenvalue weighted by Gasteiger charge is -2.28. The summed E-state index contributed by atoms with van der Waals surface area (Å²) in [6.45, 7) is 11.7. The molecule has 4 atom stereocenters. The molecule has 136 valence electrons. The minimum atomic E-state index is -0.279. The molecule has 3 aliphatic heterocycles. The fourth-order valence-electron chi connectivity index (χ4n) is 5.00. The number of hydrogen-bond donors (Lipinski definition) is 0. The Morgan fingerprint density at radius 1 is 0.960 bits per heavy atom. The molecular weight excluding hydrogens is 316 g/mol. The summed E-state index contributed by atoms with van der Waals surface area (Å²) < 4.78 is 6.16.